The zero-order valence-corrected chi connectivity index (χ0v) is 16.7. The molecule has 2 aromatic rings. The Balaban J connectivity index is 1.67. The highest BCUT2D eigenvalue weighted by molar-refractivity contribution is 7.90. The van der Waals surface area contributed by atoms with Crippen LogP contribution >= 0.6 is 0 Å². The summed E-state index contributed by atoms with van der Waals surface area (Å²) in [5.74, 6) is -3.01. The van der Waals surface area contributed by atoms with E-state index in [9.17, 15) is 26.8 Å². The molecule has 1 aliphatic rings. The van der Waals surface area contributed by atoms with Crippen LogP contribution in [0, 0.1) is 17.6 Å². The van der Waals surface area contributed by atoms with Crippen LogP contribution in [0.5, 0.6) is 0 Å². The van der Waals surface area contributed by atoms with Crippen molar-refractivity contribution in [1.82, 2.24) is 5.32 Å². The summed E-state index contributed by atoms with van der Waals surface area (Å²) < 4.78 is 49.9. The minimum atomic E-state index is -3.31. The van der Waals surface area contributed by atoms with Crippen LogP contribution in [-0.4, -0.2) is 33.0 Å². The molecular weight excluding hydrogens is 402 g/mol. The van der Waals surface area contributed by atoms with Gasteiger partial charge in [0.2, 0.25) is 11.8 Å². The fourth-order valence-electron chi connectivity index (χ4n) is 3.25. The molecule has 1 fully saturated rings. The third-order valence-electron chi connectivity index (χ3n) is 4.82. The first-order valence-electron chi connectivity index (χ1n) is 8.91. The second-order valence-electron chi connectivity index (χ2n) is 7.10. The van der Waals surface area contributed by atoms with Crippen LogP contribution in [0.4, 0.5) is 14.5 Å². The van der Waals surface area contributed by atoms with E-state index in [1.165, 1.54) is 17.0 Å². The molecule has 9 heteroatoms. The van der Waals surface area contributed by atoms with Crippen molar-refractivity contribution in [3.63, 3.8) is 0 Å². The second-order valence-corrected chi connectivity index (χ2v) is 9.12. The number of carbonyl (C=O) groups excluding carboxylic acids is 2. The molecule has 2 amide bonds. The third kappa shape index (κ3) is 4.79. The van der Waals surface area contributed by atoms with Crippen LogP contribution in [-0.2, 0) is 19.4 Å². The number of amides is 2. The highest BCUT2D eigenvalue weighted by Gasteiger charge is 2.36. The van der Waals surface area contributed by atoms with Crippen LogP contribution in [0.1, 0.15) is 24.9 Å². The van der Waals surface area contributed by atoms with Gasteiger partial charge >= 0.3 is 0 Å². The molecule has 2 aromatic carbocycles. The molecule has 6 nitrogen and oxygen atoms in total. The summed E-state index contributed by atoms with van der Waals surface area (Å²) >= 11 is 0. The zero-order chi connectivity index (χ0) is 21.3. The maximum atomic E-state index is 13.4. The van der Waals surface area contributed by atoms with Gasteiger partial charge < -0.3 is 10.2 Å². The summed E-state index contributed by atoms with van der Waals surface area (Å²) in [5.41, 5.74) is 0.784. The highest BCUT2D eigenvalue weighted by Crippen LogP contribution is 2.27. The lowest BCUT2D eigenvalue weighted by molar-refractivity contribution is -0.126. The van der Waals surface area contributed by atoms with Crippen molar-refractivity contribution >= 4 is 27.3 Å². The molecule has 0 spiro atoms. The quantitative estimate of drug-likeness (QED) is 0.803. The zero-order valence-electron chi connectivity index (χ0n) is 15.9. The summed E-state index contributed by atoms with van der Waals surface area (Å²) in [5, 5.41) is 2.80. The van der Waals surface area contributed by atoms with Crippen LogP contribution in [0.2, 0.25) is 0 Å². The van der Waals surface area contributed by atoms with E-state index in [2.05, 4.69) is 5.32 Å². The van der Waals surface area contributed by atoms with Gasteiger partial charge in [0, 0.05) is 31.0 Å². The Morgan fingerprint density at radius 3 is 2.28 bits per heavy atom. The molecule has 2 atom stereocenters. The van der Waals surface area contributed by atoms with Crippen molar-refractivity contribution in [2.75, 3.05) is 17.7 Å². The molecule has 3 rings (SSSR count). The maximum Gasteiger partial charge on any atom is 0.227 e. The number of nitrogens with zero attached hydrogens (tertiary/aromatic N) is 1. The van der Waals surface area contributed by atoms with E-state index >= 15 is 0 Å². The number of halogens is 2. The number of nitrogens with one attached hydrogen (secondary N) is 1. The summed E-state index contributed by atoms with van der Waals surface area (Å²) in [4.78, 5) is 26.2. The van der Waals surface area contributed by atoms with E-state index in [1.54, 1.807) is 19.1 Å². The normalized spacial score (nSPS) is 18.0. The molecule has 0 aromatic heterocycles. The van der Waals surface area contributed by atoms with Crippen molar-refractivity contribution < 1.29 is 26.8 Å². The molecule has 0 radical (unpaired) electrons. The third-order valence-corrected chi connectivity index (χ3v) is 5.95. The fraction of sp³-hybridized carbons (Fsp3) is 0.300. The molecule has 0 bridgehead atoms. The summed E-state index contributed by atoms with van der Waals surface area (Å²) in [7, 11) is -3.31. The van der Waals surface area contributed by atoms with E-state index in [-0.39, 0.29) is 35.4 Å². The van der Waals surface area contributed by atoms with Gasteiger partial charge in [0.15, 0.2) is 9.84 Å². The Morgan fingerprint density at radius 2 is 1.72 bits per heavy atom. The van der Waals surface area contributed by atoms with Gasteiger partial charge in [0.05, 0.1) is 16.9 Å². The maximum absolute atomic E-state index is 13.4. The van der Waals surface area contributed by atoms with E-state index in [0.717, 1.165) is 18.4 Å². The average molecular weight is 422 g/mol. The number of anilines is 1. The Hall–Kier alpha value is -2.81. The van der Waals surface area contributed by atoms with Crippen molar-refractivity contribution in [3.05, 3.63) is 59.7 Å². The largest absolute Gasteiger partial charge is 0.349 e. The number of hydrogen-bond donors (Lipinski definition) is 1. The number of rotatable bonds is 5. The lowest BCUT2D eigenvalue weighted by atomic mass is 10.1. The van der Waals surface area contributed by atoms with Gasteiger partial charge in [0.25, 0.3) is 0 Å². The molecule has 2 unspecified atom stereocenters. The minimum Gasteiger partial charge on any atom is -0.349 e. The Kier molecular flexibility index (Phi) is 5.70. The van der Waals surface area contributed by atoms with Crippen molar-refractivity contribution in [1.29, 1.82) is 0 Å². The molecule has 1 N–H and O–H groups in total. The van der Waals surface area contributed by atoms with Crippen LogP contribution in [0.3, 0.4) is 0 Å². The van der Waals surface area contributed by atoms with Crippen molar-refractivity contribution in [2.24, 2.45) is 5.92 Å². The van der Waals surface area contributed by atoms with Crippen LogP contribution < -0.4 is 10.2 Å². The number of sulfone groups is 1. The smallest absolute Gasteiger partial charge is 0.227 e. The molecule has 29 heavy (non-hydrogen) atoms. The molecule has 154 valence electrons. The van der Waals surface area contributed by atoms with Crippen LogP contribution in [0.15, 0.2) is 47.4 Å². The topological polar surface area (TPSA) is 83.6 Å². The van der Waals surface area contributed by atoms with Crippen molar-refractivity contribution in [2.45, 2.75) is 24.3 Å². The minimum absolute atomic E-state index is 0.0211. The average Bonchev–Trinajstić information content (AvgIpc) is 3.02. The van der Waals surface area contributed by atoms with E-state index in [0.29, 0.717) is 11.6 Å². The van der Waals surface area contributed by atoms with E-state index < -0.39 is 33.4 Å². The Morgan fingerprint density at radius 1 is 1.14 bits per heavy atom. The second kappa shape index (κ2) is 7.90. The highest BCUT2D eigenvalue weighted by atomic mass is 32.2. The van der Waals surface area contributed by atoms with Gasteiger partial charge in [-0.25, -0.2) is 17.2 Å². The van der Waals surface area contributed by atoms with Gasteiger partial charge in [0.1, 0.15) is 11.6 Å². The first kappa shape index (κ1) is 20.9. The van der Waals surface area contributed by atoms with Gasteiger partial charge in [-0.3, -0.25) is 9.59 Å². The molecule has 0 aliphatic carbocycles. The fourth-order valence-corrected chi connectivity index (χ4v) is 3.88. The first-order valence-corrected chi connectivity index (χ1v) is 10.8. The molecule has 1 aliphatic heterocycles. The van der Waals surface area contributed by atoms with E-state index in [4.69, 9.17) is 0 Å². The summed E-state index contributed by atoms with van der Waals surface area (Å²) in [6, 6.07) is 8.56. The van der Waals surface area contributed by atoms with Gasteiger partial charge in [-0.15, -0.1) is 0 Å². The summed E-state index contributed by atoms with van der Waals surface area (Å²) in [6.45, 7) is 1.76. The van der Waals surface area contributed by atoms with Gasteiger partial charge in [-0.2, -0.15) is 0 Å². The predicted molar refractivity (Wildman–Crippen MR) is 103 cm³/mol. The first-order chi connectivity index (χ1) is 13.5. The molecule has 1 saturated heterocycles. The Labute approximate surface area is 167 Å². The van der Waals surface area contributed by atoms with Gasteiger partial charge in [-0.1, -0.05) is 12.1 Å². The monoisotopic (exact) mass is 422 g/mol. The van der Waals surface area contributed by atoms with Gasteiger partial charge in [-0.05, 0) is 36.8 Å². The van der Waals surface area contributed by atoms with E-state index in [1.807, 2.05) is 0 Å². The SMILES string of the molecule is CC(NC(=O)C1CC(=O)N(c2cc(F)cc(F)c2)C1)c1ccc(S(C)(=O)=O)cc1. The number of carbonyl (C=O) groups is 2. The Bertz CT molecular complexity index is 1030. The lowest BCUT2D eigenvalue weighted by Crippen LogP contribution is -2.34. The van der Waals surface area contributed by atoms with Crippen molar-refractivity contribution in [3.8, 4) is 0 Å². The predicted octanol–water partition coefficient (Wildman–Crippen LogP) is 2.60. The standard InChI is InChI=1S/C20H20F2N2O4S/c1-12(13-3-5-18(6-4-13)29(2,27)28)23-20(26)14-7-19(25)24(11-14)17-9-15(21)8-16(22)10-17/h3-6,8-10,12,14H,7,11H2,1-2H3,(H,23,26). The summed E-state index contributed by atoms with van der Waals surface area (Å²) in [6.07, 6.45) is 1.05. The molecule has 0 saturated carbocycles. The van der Waals surface area contributed by atoms with Crippen LogP contribution in [0.25, 0.3) is 0 Å². The number of benzene rings is 2. The lowest BCUT2D eigenvalue weighted by Gasteiger charge is -2.19. The molecular formula is C20H20F2N2O4S. The number of hydrogen-bond acceptors (Lipinski definition) is 4. The molecule has 1 heterocycles.